The van der Waals surface area contributed by atoms with Crippen LogP contribution in [0.3, 0.4) is 0 Å². The minimum atomic E-state index is -3.53. The van der Waals surface area contributed by atoms with Gasteiger partial charge in [0.15, 0.2) is 0 Å². The fourth-order valence-corrected chi connectivity index (χ4v) is 3.27. The lowest BCUT2D eigenvalue weighted by Crippen LogP contribution is -2.30. The Morgan fingerprint density at radius 1 is 1.12 bits per heavy atom. The zero-order valence-corrected chi connectivity index (χ0v) is 14.7. The van der Waals surface area contributed by atoms with Crippen molar-refractivity contribution in [1.29, 1.82) is 5.26 Å². The number of sulfonamides is 1. The van der Waals surface area contributed by atoms with E-state index in [4.69, 9.17) is 5.26 Å². The summed E-state index contributed by atoms with van der Waals surface area (Å²) in [5.74, 6) is -0.653. The highest BCUT2D eigenvalue weighted by Gasteiger charge is 2.19. The molecule has 0 saturated carbocycles. The van der Waals surface area contributed by atoms with Gasteiger partial charge >= 0.3 is 0 Å². The summed E-state index contributed by atoms with van der Waals surface area (Å²) in [4.78, 5) is 11.9. The van der Waals surface area contributed by atoms with E-state index in [1.807, 2.05) is 36.4 Å². The molecule has 0 spiro atoms. The first-order valence-corrected chi connectivity index (χ1v) is 9.29. The first-order chi connectivity index (χ1) is 11.9. The molecule has 7 heteroatoms. The molecule has 0 atom stereocenters. The zero-order valence-electron chi connectivity index (χ0n) is 13.8. The second kappa shape index (κ2) is 8.42. The van der Waals surface area contributed by atoms with Crippen LogP contribution in [0.5, 0.6) is 0 Å². The zero-order chi connectivity index (χ0) is 18.3. The van der Waals surface area contributed by atoms with Gasteiger partial charge in [0.25, 0.3) is 0 Å². The van der Waals surface area contributed by atoms with Crippen molar-refractivity contribution < 1.29 is 13.2 Å². The summed E-state index contributed by atoms with van der Waals surface area (Å²) in [6.07, 6.45) is -0.137. The predicted molar refractivity (Wildman–Crippen MR) is 96.1 cm³/mol. The number of carbonyl (C=O) groups is 1. The van der Waals surface area contributed by atoms with E-state index >= 15 is 0 Å². The fourth-order valence-electron chi connectivity index (χ4n) is 2.17. The number of nitrogens with one attached hydrogen (secondary N) is 1. The highest BCUT2D eigenvalue weighted by Crippen LogP contribution is 2.11. The lowest BCUT2D eigenvalue weighted by atomic mass is 10.2. The molecule has 1 N–H and O–H groups in total. The maximum atomic E-state index is 12.3. The van der Waals surface area contributed by atoms with Crippen molar-refractivity contribution >= 4 is 21.6 Å². The van der Waals surface area contributed by atoms with Gasteiger partial charge in [0.05, 0.1) is 17.4 Å². The summed E-state index contributed by atoms with van der Waals surface area (Å²) in [6.45, 7) is 0.264. The van der Waals surface area contributed by atoms with Crippen LogP contribution in [-0.2, 0) is 21.4 Å². The molecule has 0 aliphatic carbocycles. The second-order valence-corrected chi connectivity index (χ2v) is 7.74. The van der Waals surface area contributed by atoms with Crippen molar-refractivity contribution in [2.24, 2.45) is 0 Å². The van der Waals surface area contributed by atoms with Crippen LogP contribution in [-0.4, -0.2) is 31.4 Å². The van der Waals surface area contributed by atoms with E-state index in [1.54, 1.807) is 24.3 Å². The van der Waals surface area contributed by atoms with E-state index in [-0.39, 0.29) is 24.6 Å². The normalized spacial score (nSPS) is 11.1. The fraction of sp³-hybridized carbons (Fsp3) is 0.222. The molecule has 1 amide bonds. The van der Waals surface area contributed by atoms with E-state index in [9.17, 15) is 13.2 Å². The molecule has 0 heterocycles. The van der Waals surface area contributed by atoms with Crippen molar-refractivity contribution in [3.8, 4) is 6.07 Å². The van der Waals surface area contributed by atoms with E-state index in [1.165, 1.54) is 11.4 Å². The minimum absolute atomic E-state index is 0.137. The number of nitriles is 1. The quantitative estimate of drug-likeness (QED) is 0.823. The van der Waals surface area contributed by atoms with Crippen LogP contribution in [0.15, 0.2) is 54.6 Å². The number of hydrogen-bond donors (Lipinski definition) is 1. The molecule has 0 fully saturated rings. The first kappa shape index (κ1) is 18.6. The molecule has 0 radical (unpaired) electrons. The number of rotatable bonds is 7. The topological polar surface area (TPSA) is 90.3 Å². The Hall–Kier alpha value is -2.69. The Balaban J connectivity index is 1.87. The van der Waals surface area contributed by atoms with Crippen LogP contribution >= 0.6 is 0 Å². The minimum Gasteiger partial charge on any atom is -0.326 e. The highest BCUT2D eigenvalue weighted by molar-refractivity contribution is 7.89. The monoisotopic (exact) mass is 357 g/mol. The maximum Gasteiger partial charge on any atom is 0.225 e. The van der Waals surface area contributed by atoms with Crippen molar-refractivity contribution in [3.05, 3.63) is 65.7 Å². The molecule has 2 rings (SSSR count). The predicted octanol–water partition coefficient (Wildman–Crippen LogP) is 2.35. The Bertz CT molecular complexity index is 857. The summed E-state index contributed by atoms with van der Waals surface area (Å²) in [6, 6.07) is 17.6. The van der Waals surface area contributed by atoms with E-state index in [0.29, 0.717) is 11.3 Å². The van der Waals surface area contributed by atoms with Gasteiger partial charge in [-0.1, -0.05) is 30.3 Å². The molecule has 2 aromatic carbocycles. The van der Waals surface area contributed by atoms with Crippen LogP contribution in [0.25, 0.3) is 0 Å². The van der Waals surface area contributed by atoms with Crippen LogP contribution in [0.2, 0.25) is 0 Å². The number of hydrogen-bond acceptors (Lipinski definition) is 4. The van der Waals surface area contributed by atoms with E-state index in [0.717, 1.165) is 5.56 Å². The van der Waals surface area contributed by atoms with Gasteiger partial charge in [-0.25, -0.2) is 12.7 Å². The van der Waals surface area contributed by atoms with Crippen LogP contribution in [0, 0.1) is 11.3 Å². The largest absolute Gasteiger partial charge is 0.326 e. The smallest absolute Gasteiger partial charge is 0.225 e. The maximum absolute atomic E-state index is 12.3. The lowest BCUT2D eigenvalue weighted by molar-refractivity contribution is -0.115. The molecule has 2 aromatic rings. The Kier molecular flexibility index (Phi) is 6.28. The van der Waals surface area contributed by atoms with Crippen molar-refractivity contribution in [2.75, 3.05) is 18.1 Å². The van der Waals surface area contributed by atoms with E-state index in [2.05, 4.69) is 5.32 Å². The van der Waals surface area contributed by atoms with E-state index < -0.39 is 10.0 Å². The van der Waals surface area contributed by atoms with Gasteiger partial charge in [-0.05, 0) is 29.8 Å². The Morgan fingerprint density at radius 2 is 1.76 bits per heavy atom. The molecule has 0 unspecified atom stereocenters. The van der Waals surface area contributed by atoms with Gasteiger partial charge in [0.2, 0.25) is 15.9 Å². The first-order valence-electron chi connectivity index (χ1n) is 7.68. The second-order valence-electron chi connectivity index (χ2n) is 5.54. The Morgan fingerprint density at radius 3 is 2.36 bits per heavy atom. The highest BCUT2D eigenvalue weighted by atomic mass is 32.2. The number of anilines is 1. The number of carbonyl (C=O) groups excluding carboxylic acids is 1. The number of amides is 1. The van der Waals surface area contributed by atoms with Crippen LogP contribution in [0.4, 0.5) is 5.69 Å². The molecule has 6 nitrogen and oxygen atoms in total. The molecule has 0 aliphatic rings. The van der Waals surface area contributed by atoms with Crippen LogP contribution < -0.4 is 5.32 Å². The van der Waals surface area contributed by atoms with Gasteiger partial charge in [0, 0.05) is 25.7 Å². The third-order valence-corrected chi connectivity index (χ3v) is 5.41. The van der Waals surface area contributed by atoms with Crippen molar-refractivity contribution in [1.82, 2.24) is 4.31 Å². The standard InChI is InChI=1S/C18H19N3O3S/c1-21(14-16-5-3-2-4-6-16)25(23,24)12-11-18(22)20-17-9-7-15(13-19)8-10-17/h2-10H,11-12,14H2,1H3,(H,20,22). The number of benzene rings is 2. The average Bonchev–Trinajstić information content (AvgIpc) is 2.61. The van der Waals surface area contributed by atoms with Gasteiger partial charge in [-0.3, -0.25) is 4.79 Å². The third kappa shape index (κ3) is 5.71. The Labute approximate surface area is 147 Å². The summed E-state index contributed by atoms with van der Waals surface area (Å²) < 4.78 is 25.8. The average molecular weight is 357 g/mol. The summed E-state index contributed by atoms with van der Waals surface area (Å²) in [5, 5.41) is 11.4. The van der Waals surface area contributed by atoms with Gasteiger partial charge in [-0.15, -0.1) is 0 Å². The van der Waals surface area contributed by atoms with Crippen LogP contribution in [0.1, 0.15) is 17.5 Å². The molecule has 0 bridgehead atoms. The summed E-state index contributed by atoms with van der Waals surface area (Å²) in [7, 11) is -2.03. The summed E-state index contributed by atoms with van der Waals surface area (Å²) >= 11 is 0. The number of nitrogens with zero attached hydrogens (tertiary/aromatic N) is 2. The third-order valence-electron chi connectivity index (χ3n) is 3.61. The molecule has 0 aliphatic heterocycles. The molecule has 25 heavy (non-hydrogen) atoms. The SMILES string of the molecule is CN(Cc1ccccc1)S(=O)(=O)CCC(=O)Nc1ccc(C#N)cc1. The van der Waals surface area contributed by atoms with Gasteiger partial charge in [-0.2, -0.15) is 5.26 Å². The van der Waals surface area contributed by atoms with Crippen molar-refractivity contribution in [3.63, 3.8) is 0 Å². The van der Waals surface area contributed by atoms with Gasteiger partial charge in [0.1, 0.15) is 0 Å². The summed E-state index contributed by atoms with van der Waals surface area (Å²) in [5.41, 5.74) is 1.90. The lowest BCUT2D eigenvalue weighted by Gasteiger charge is -2.17. The molecular weight excluding hydrogens is 338 g/mol. The molecule has 0 aromatic heterocycles. The molecule has 0 saturated heterocycles. The van der Waals surface area contributed by atoms with Gasteiger partial charge < -0.3 is 5.32 Å². The molecular formula is C18H19N3O3S. The molecule has 130 valence electrons. The van der Waals surface area contributed by atoms with Crippen molar-refractivity contribution in [2.45, 2.75) is 13.0 Å².